The van der Waals surface area contributed by atoms with Crippen LogP contribution in [-0.2, 0) is 20.1 Å². The van der Waals surface area contributed by atoms with Gasteiger partial charge in [-0.3, -0.25) is 9.98 Å². The van der Waals surface area contributed by atoms with E-state index in [1.54, 1.807) is 38.7 Å². The van der Waals surface area contributed by atoms with Gasteiger partial charge in [0.15, 0.2) is 5.88 Å². The van der Waals surface area contributed by atoms with Crippen LogP contribution in [0.4, 0.5) is 0 Å². The Morgan fingerprint density at radius 2 is 1.88 bits per heavy atom. The van der Waals surface area contributed by atoms with Gasteiger partial charge in [-0.1, -0.05) is 12.1 Å². The minimum absolute atomic E-state index is 0. The summed E-state index contributed by atoms with van der Waals surface area (Å²) < 4.78 is 5.19. The fourth-order valence-electron chi connectivity index (χ4n) is 2.06. The monoisotopic (exact) mass is 527 g/mol. The van der Waals surface area contributed by atoms with Gasteiger partial charge in [0.1, 0.15) is 5.75 Å². The van der Waals surface area contributed by atoms with Crippen molar-refractivity contribution in [3.8, 4) is 22.9 Å². The molecule has 0 amide bonds. The zero-order valence-corrected chi connectivity index (χ0v) is 17.2. The van der Waals surface area contributed by atoms with Crippen molar-refractivity contribution in [1.82, 2.24) is 9.97 Å². The van der Waals surface area contributed by atoms with Gasteiger partial charge in [-0.15, -0.1) is 35.9 Å². The van der Waals surface area contributed by atoms with Gasteiger partial charge in [0.2, 0.25) is 0 Å². The van der Waals surface area contributed by atoms with Gasteiger partial charge in [-0.2, -0.15) is 0 Å². The van der Waals surface area contributed by atoms with Crippen LogP contribution in [0.25, 0.3) is 11.3 Å². The van der Waals surface area contributed by atoms with Crippen LogP contribution in [0.15, 0.2) is 59.7 Å². The zero-order valence-electron chi connectivity index (χ0n) is 14.8. The molecule has 0 spiro atoms. The summed E-state index contributed by atoms with van der Waals surface area (Å²) >= 11 is 0. The second-order valence-electron chi connectivity index (χ2n) is 5.09. The maximum absolute atomic E-state index is 9.15. The number of methoxy groups -OCH3 is 1. The number of phenols is 1. The SMILES string of the molecule is CN=Cc1ccccc1O.COc1nc(C)cnc1-c1[c-]cccc1.[Ir]. The number of ether oxygens (including phenoxy) is 1. The molecule has 0 saturated carbocycles. The third kappa shape index (κ3) is 6.06. The summed E-state index contributed by atoms with van der Waals surface area (Å²) in [5.74, 6) is 0.811. The second-order valence-corrected chi connectivity index (χ2v) is 5.09. The third-order valence-electron chi connectivity index (χ3n) is 3.22. The van der Waals surface area contributed by atoms with E-state index in [0.29, 0.717) is 5.88 Å². The standard InChI is InChI=1S/C12H11N2O.C8H9NO.Ir/c1-9-8-13-11(12(14-9)15-2)10-6-4-3-5-7-10;1-9-6-7-4-2-3-5-8(7)10;/h3-6,8H,1-2H3;2-6,10H,1H3;/q-1;;. The van der Waals surface area contributed by atoms with Crippen LogP contribution in [0.2, 0.25) is 0 Å². The Morgan fingerprint density at radius 3 is 2.50 bits per heavy atom. The van der Waals surface area contributed by atoms with E-state index in [9.17, 15) is 0 Å². The topological polar surface area (TPSA) is 67.6 Å². The van der Waals surface area contributed by atoms with Crippen molar-refractivity contribution in [2.75, 3.05) is 14.2 Å². The van der Waals surface area contributed by atoms with E-state index in [-0.39, 0.29) is 25.9 Å². The minimum atomic E-state index is 0. The number of benzene rings is 2. The number of hydrogen-bond acceptors (Lipinski definition) is 5. The number of aliphatic imine (C=N–C) groups is 1. The zero-order chi connectivity index (χ0) is 18.1. The van der Waals surface area contributed by atoms with Crippen LogP contribution in [0.3, 0.4) is 0 Å². The molecular weight excluding hydrogens is 506 g/mol. The van der Waals surface area contributed by atoms with Gasteiger partial charge in [-0.05, 0) is 19.1 Å². The van der Waals surface area contributed by atoms with Crippen molar-refractivity contribution in [3.05, 3.63) is 72.1 Å². The first-order valence-corrected chi connectivity index (χ1v) is 7.70. The van der Waals surface area contributed by atoms with E-state index in [0.717, 1.165) is 22.5 Å². The van der Waals surface area contributed by atoms with Crippen molar-refractivity contribution < 1.29 is 29.9 Å². The molecular formula is C20H20IrN3O2-. The van der Waals surface area contributed by atoms with Crippen molar-refractivity contribution in [2.45, 2.75) is 6.92 Å². The van der Waals surface area contributed by atoms with Crippen LogP contribution in [0.1, 0.15) is 11.3 Å². The number of phenolic OH excluding ortho intramolecular Hbond substituents is 1. The minimum Gasteiger partial charge on any atom is -0.507 e. The summed E-state index contributed by atoms with van der Waals surface area (Å²) in [5, 5.41) is 9.15. The predicted octanol–water partition coefficient (Wildman–Crippen LogP) is 3.70. The Labute approximate surface area is 167 Å². The van der Waals surface area contributed by atoms with E-state index in [2.05, 4.69) is 21.0 Å². The predicted molar refractivity (Wildman–Crippen MR) is 99.2 cm³/mol. The van der Waals surface area contributed by atoms with Crippen LogP contribution in [-0.4, -0.2) is 35.4 Å². The molecule has 0 aliphatic heterocycles. The molecule has 1 radical (unpaired) electrons. The van der Waals surface area contributed by atoms with Gasteiger partial charge in [0.05, 0.1) is 12.8 Å². The van der Waals surface area contributed by atoms with E-state index < -0.39 is 0 Å². The summed E-state index contributed by atoms with van der Waals surface area (Å²) in [7, 11) is 3.27. The summed E-state index contributed by atoms with van der Waals surface area (Å²) in [4.78, 5) is 12.3. The molecule has 0 atom stereocenters. The Morgan fingerprint density at radius 1 is 1.15 bits per heavy atom. The van der Waals surface area contributed by atoms with Gasteiger partial charge in [0.25, 0.3) is 0 Å². The first-order chi connectivity index (χ1) is 12.2. The number of aryl methyl sites for hydroxylation is 1. The second kappa shape index (κ2) is 11.1. The molecule has 0 unspecified atom stereocenters. The molecule has 0 fully saturated rings. The van der Waals surface area contributed by atoms with Crippen molar-refractivity contribution in [3.63, 3.8) is 0 Å². The number of aromatic nitrogens is 2. The maximum Gasteiger partial charge on any atom is 0.194 e. The summed E-state index contributed by atoms with van der Waals surface area (Å²) in [5.41, 5.74) is 3.21. The molecule has 0 aliphatic carbocycles. The molecule has 1 heterocycles. The molecule has 0 saturated heterocycles. The molecule has 1 N–H and O–H groups in total. The van der Waals surface area contributed by atoms with Gasteiger partial charge in [-0.25, -0.2) is 4.98 Å². The first-order valence-electron chi connectivity index (χ1n) is 7.70. The van der Waals surface area contributed by atoms with Crippen LogP contribution < -0.4 is 4.74 Å². The number of aromatic hydroxyl groups is 1. The Hall–Kier alpha value is -2.56. The summed E-state index contributed by atoms with van der Waals surface area (Å²) in [6.07, 6.45) is 3.34. The molecule has 137 valence electrons. The van der Waals surface area contributed by atoms with E-state index in [1.807, 2.05) is 43.3 Å². The Balaban J connectivity index is 0.000000270. The number of nitrogens with zero attached hydrogens (tertiary/aromatic N) is 3. The smallest absolute Gasteiger partial charge is 0.194 e. The van der Waals surface area contributed by atoms with Crippen LogP contribution >= 0.6 is 0 Å². The van der Waals surface area contributed by atoms with Gasteiger partial charge in [0, 0.05) is 50.8 Å². The fourth-order valence-corrected chi connectivity index (χ4v) is 2.06. The maximum atomic E-state index is 9.15. The normalized spacial score (nSPS) is 9.81. The van der Waals surface area contributed by atoms with E-state index >= 15 is 0 Å². The average Bonchev–Trinajstić information content (AvgIpc) is 2.65. The van der Waals surface area contributed by atoms with Gasteiger partial charge < -0.3 is 9.84 Å². The van der Waals surface area contributed by atoms with E-state index in [4.69, 9.17) is 9.84 Å². The first kappa shape index (κ1) is 21.5. The van der Waals surface area contributed by atoms with Crippen LogP contribution in [0.5, 0.6) is 11.6 Å². The van der Waals surface area contributed by atoms with Crippen LogP contribution in [0, 0.1) is 13.0 Å². The number of rotatable bonds is 3. The number of para-hydroxylation sites is 1. The summed E-state index contributed by atoms with van der Waals surface area (Å²) in [6, 6.07) is 17.8. The summed E-state index contributed by atoms with van der Waals surface area (Å²) in [6.45, 7) is 1.88. The number of hydrogen-bond donors (Lipinski definition) is 1. The molecule has 0 bridgehead atoms. The molecule has 0 aliphatic rings. The quantitative estimate of drug-likeness (QED) is 0.418. The van der Waals surface area contributed by atoms with Crippen molar-refractivity contribution in [1.29, 1.82) is 0 Å². The van der Waals surface area contributed by atoms with Crippen molar-refractivity contribution in [2.24, 2.45) is 4.99 Å². The molecule has 5 nitrogen and oxygen atoms in total. The third-order valence-corrected chi connectivity index (χ3v) is 3.22. The molecule has 26 heavy (non-hydrogen) atoms. The molecule has 1 aromatic heterocycles. The molecule has 3 aromatic rings. The largest absolute Gasteiger partial charge is 0.507 e. The fraction of sp³-hybridized carbons (Fsp3) is 0.150. The van der Waals surface area contributed by atoms with Gasteiger partial charge >= 0.3 is 0 Å². The molecule has 6 heteroatoms. The molecule has 3 rings (SSSR count). The molecule has 2 aromatic carbocycles. The Kier molecular flexibility index (Phi) is 9.20. The Bertz CT molecular complexity index is 839. The van der Waals surface area contributed by atoms with Crippen molar-refractivity contribution >= 4 is 6.21 Å². The average molecular weight is 527 g/mol. The van der Waals surface area contributed by atoms with E-state index in [1.165, 1.54) is 0 Å².